The zero-order valence-electron chi connectivity index (χ0n) is 13.7. The predicted octanol–water partition coefficient (Wildman–Crippen LogP) is 3.28. The van der Waals surface area contributed by atoms with Gasteiger partial charge in [-0.05, 0) is 23.6 Å². The second kappa shape index (κ2) is 5.48. The minimum Gasteiger partial charge on any atom is -0.459 e. The molecule has 1 aromatic heterocycles. The third-order valence-electron chi connectivity index (χ3n) is 4.95. The van der Waals surface area contributed by atoms with E-state index in [-0.39, 0.29) is 5.91 Å². The Morgan fingerprint density at radius 2 is 1.76 bits per heavy atom. The Morgan fingerprint density at radius 1 is 0.960 bits per heavy atom. The number of piperazine rings is 1. The fourth-order valence-electron chi connectivity index (χ4n) is 3.69. The lowest BCUT2D eigenvalue weighted by molar-refractivity contribution is 0.0660. The molecule has 3 aromatic rings. The van der Waals surface area contributed by atoms with Crippen molar-refractivity contribution in [1.29, 1.82) is 0 Å². The second-order valence-corrected chi connectivity index (χ2v) is 6.37. The van der Waals surface area contributed by atoms with Crippen LogP contribution in [-0.2, 0) is 0 Å². The molecule has 1 fully saturated rings. The van der Waals surface area contributed by atoms with Crippen molar-refractivity contribution in [3.63, 3.8) is 0 Å². The number of amides is 1. The Labute approximate surface area is 145 Å². The fraction of sp³-hybridized carbons (Fsp3) is 0.200. The molecule has 124 valence electrons. The number of aliphatic imine (C=N–C) groups is 1. The summed E-state index contributed by atoms with van der Waals surface area (Å²) < 4.78 is 5.23. The third-order valence-corrected chi connectivity index (χ3v) is 4.95. The highest BCUT2D eigenvalue weighted by atomic mass is 16.3. The highest BCUT2D eigenvalue weighted by Crippen LogP contribution is 2.36. The van der Waals surface area contributed by atoms with Gasteiger partial charge in [0.25, 0.3) is 5.91 Å². The summed E-state index contributed by atoms with van der Waals surface area (Å²) in [5, 5.41) is 2.45. The molecule has 5 heteroatoms. The number of carbonyl (C=O) groups is 1. The van der Waals surface area contributed by atoms with Crippen LogP contribution in [0.5, 0.6) is 0 Å². The Balaban J connectivity index is 1.37. The number of nitrogens with zero attached hydrogens (tertiary/aromatic N) is 3. The molecular weight excluding hydrogens is 314 g/mol. The summed E-state index contributed by atoms with van der Waals surface area (Å²) in [6.45, 7) is 2.89. The van der Waals surface area contributed by atoms with Crippen LogP contribution in [0.4, 0.5) is 5.69 Å². The van der Waals surface area contributed by atoms with E-state index in [1.807, 2.05) is 11.0 Å². The van der Waals surface area contributed by atoms with E-state index in [4.69, 9.17) is 9.41 Å². The van der Waals surface area contributed by atoms with E-state index in [1.54, 1.807) is 12.1 Å². The average molecular weight is 331 g/mol. The molecule has 5 nitrogen and oxygen atoms in total. The number of hydrogen-bond donors (Lipinski definition) is 0. The lowest BCUT2D eigenvalue weighted by Crippen LogP contribution is -2.50. The molecule has 0 radical (unpaired) electrons. The number of amidine groups is 1. The van der Waals surface area contributed by atoms with Crippen molar-refractivity contribution in [2.24, 2.45) is 4.99 Å². The van der Waals surface area contributed by atoms with Crippen LogP contribution in [0.15, 0.2) is 64.2 Å². The number of rotatable bonds is 1. The quantitative estimate of drug-likeness (QED) is 0.687. The van der Waals surface area contributed by atoms with Crippen LogP contribution in [-0.4, -0.2) is 47.7 Å². The smallest absolute Gasteiger partial charge is 0.289 e. The molecule has 0 bridgehead atoms. The van der Waals surface area contributed by atoms with Gasteiger partial charge >= 0.3 is 0 Å². The lowest BCUT2D eigenvalue weighted by atomic mass is 10.0. The van der Waals surface area contributed by atoms with Crippen LogP contribution in [0, 0.1) is 0 Å². The summed E-state index contributed by atoms with van der Waals surface area (Å²) in [5.74, 6) is 1.39. The maximum absolute atomic E-state index is 12.4. The molecule has 5 rings (SSSR count). The Morgan fingerprint density at radius 3 is 2.52 bits per heavy atom. The van der Waals surface area contributed by atoms with Crippen LogP contribution in [0.2, 0.25) is 0 Å². The first kappa shape index (κ1) is 14.3. The first-order valence-corrected chi connectivity index (χ1v) is 8.50. The van der Waals surface area contributed by atoms with Gasteiger partial charge < -0.3 is 14.2 Å². The molecule has 0 N–H and O–H groups in total. The molecule has 3 heterocycles. The van der Waals surface area contributed by atoms with Gasteiger partial charge in [-0.2, -0.15) is 0 Å². The number of hydrogen-bond acceptors (Lipinski definition) is 4. The van der Waals surface area contributed by atoms with Crippen molar-refractivity contribution in [1.82, 2.24) is 9.80 Å². The molecule has 1 saturated heterocycles. The summed E-state index contributed by atoms with van der Waals surface area (Å²) in [4.78, 5) is 21.4. The van der Waals surface area contributed by atoms with Crippen LogP contribution in [0.25, 0.3) is 10.8 Å². The van der Waals surface area contributed by atoms with Crippen LogP contribution < -0.4 is 0 Å². The number of furan rings is 1. The zero-order valence-corrected chi connectivity index (χ0v) is 13.7. The first-order chi connectivity index (χ1) is 12.3. The van der Waals surface area contributed by atoms with Crippen molar-refractivity contribution >= 4 is 28.2 Å². The molecule has 2 aromatic carbocycles. The lowest BCUT2D eigenvalue weighted by Gasteiger charge is -2.35. The Kier molecular flexibility index (Phi) is 3.13. The molecule has 0 atom stereocenters. The minimum atomic E-state index is -0.0385. The van der Waals surface area contributed by atoms with Gasteiger partial charge in [-0.1, -0.05) is 30.3 Å². The van der Waals surface area contributed by atoms with Gasteiger partial charge in [-0.3, -0.25) is 4.79 Å². The highest BCUT2D eigenvalue weighted by molar-refractivity contribution is 6.18. The van der Waals surface area contributed by atoms with E-state index in [0.717, 1.165) is 24.6 Å². The molecule has 1 amide bonds. The normalized spacial score (nSPS) is 16.4. The zero-order chi connectivity index (χ0) is 16.8. The Hall–Kier alpha value is -3.08. The maximum atomic E-state index is 12.4. The number of benzene rings is 2. The molecule has 0 spiro atoms. The predicted molar refractivity (Wildman–Crippen MR) is 96.3 cm³/mol. The monoisotopic (exact) mass is 331 g/mol. The van der Waals surface area contributed by atoms with Crippen molar-refractivity contribution < 1.29 is 9.21 Å². The van der Waals surface area contributed by atoms with Crippen molar-refractivity contribution in [3.05, 3.63) is 66.1 Å². The summed E-state index contributed by atoms with van der Waals surface area (Å²) in [7, 11) is 0. The molecular formula is C20H17N3O2. The van der Waals surface area contributed by atoms with E-state index >= 15 is 0 Å². The fourth-order valence-corrected chi connectivity index (χ4v) is 3.69. The maximum Gasteiger partial charge on any atom is 0.289 e. The SMILES string of the molecule is O=C(c1ccco1)N1CCN(C2=Nc3cccc4cccc2c34)CC1. The average Bonchev–Trinajstić information content (AvgIpc) is 3.32. The summed E-state index contributed by atoms with van der Waals surface area (Å²) >= 11 is 0. The van der Waals surface area contributed by atoms with Gasteiger partial charge in [0.05, 0.1) is 12.0 Å². The summed E-state index contributed by atoms with van der Waals surface area (Å²) in [6, 6.07) is 16.0. The standard InChI is InChI=1S/C20H17N3O2/c24-20(17-8-3-13-25-17)23-11-9-22(10-12-23)19-15-6-1-4-14-5-2-7-16(21-19)18(14)15/h1-8,13H,9-12H2. The van der Waals surface area contributed by atoms with Gasteiger partial charge in [0.1, 0.15) is 5.84 Å². The molecule has 2 aliphatic rings. The largest absolute Gasteiger partial charge is 0.459 e. The third kappa shape index (κ3) is 2.23. The van der Waals surface area contributed by atoms with E-state index in [9.17, 15) is 4.79 Å². The summed E-state index contributed by atoms with van der Waals surface area (Å²) in [5.41, 5.74) is 2.23. The molecule has 25 heavy (non-hydrogen) atoms. The van der Waals surface area contributed by atoms with Crippen molar-refractivity contribution in [2.75, 3.05) is 26.2 Å². The Bertz CT molecular complexity index is 978. The van der Waals surface area contributed by atoms with Crippen LogP contribution in [0.3, 0.4) is 0 Å². The van der Waals surface area contributed by atoms with Gasteiger partial charge in [0, 0.05) is 37.1 Å². The topological polar surface area (TPSA) is 49.1 Å². The van der Waals surface area contributed by atoms with Crippen LogP contribution >= 0.6 is 0 Å². The van der Waals surface area contributed by atoms with Gasteiger partial charge in [-0.15, -0.1) is 0 Å². The molecule has 0 unspecified atom stereocenters. The second-order valence-electron chi connectivity index (χ2n) is 6.37. The molecule has 0 aliphatic carbocycles. The van der Waals surface area contributed by atoms with E-state index in [2.05, 4.69) is 35.2 Å². The van der Waals surface area contributed by atoms with E-state index in [1.165, 1.54) is 22.6 Å². The highest BCUT2D eigenvalue weighted by Gasteiger charge is 2.28. The van der Waals surface area contributed by atoms with Gasteiger partial charge in [0.2, 0.25) is 0 Å². The minimum absolute atomic E-state index is 0.0385. The van der Waals surface area contributed by atoms with E-state index in [0.29, 0.717) is 18.8 Å². The molecule has 0 saturated carbocycles. The molecule has 2 aliphatic heterocycles. The summed E-state index contributed by atoms with van der Waals surface area (Å²) in [6.07, 6.45) is 1.54. The van der Waals surface area contributed by atoms with Crippen molar-refractivity contribution in [2.45, 2.75) is 0 Å². The van der Waals surface area contributed by atoms with E-state index < -0.39 is 0 Å². The van der Waals surface area contributed by atoms with Crippen molar-refractivity contribution in [3.8, 4) is 0 Å². The van der Waals surface area contributed by atoms with Gasteiger partial charge in [-0.25, -0.2) is 4.99 Å². The number of carbonyl (C=O) groups excluding carboxylic acids is 1. The van der Waals surface area contributed by atoms with Gasteiger partial charge in [0.15, 0.2) is 5.76 Å². The van der Waals surface area contributed by atoms with Crippen LogP contribution in [0.1, 0.15) is 16.1 Å². The first-order valence-electron chi connectivity index (χ1n) is 8.50.